The molecular weight excluding hydrogens is 240 g/mol. The van der Waals surface area contributed by atoms with Crippen LogP contribution in [0.5, 0.6) is 0 Å². The van der Waals surface area contributed by atoms with Gasteiger partial charge in [-0.1, -0.05) is 37.3 Å². The van der Waals surface area contributed by atoms with Crippen LogP contribution >= 0.6 is 0 Å². The van der Waals surface area contributed by atoms with E-state index in [0.29, 0.717) is 25.0 Å². The highest BCUT2D eigenvalue weighted by Gasteiger charge is 2.21. The van der Waals surface area contributed by atoms with E-state index >= 15 is 0 Å². The molecule has 4 heteroatoms. The van der Waals surface area contributed by atoms with Crippen molar-refractivity contribution in [3.05, 3.63) is 35.9 Å². The average molecular weight is 262 g/mol. The summed E-state index contributed by atoms with van der Waals surface area (Å²) in [6.45, 7) is 5.30. The van der Waals surface area contributed by atoms with Crippen LogP contribution in [0.4, 0.5) is 4.79 Å². The number of rotatable bonds is 4. The van der Waals surface area contributed by atoms with Crippen molar-refractivity contribution >= 4 is 6.09 Å². The number of carbonyl (C=O) groups is 1. The normalized spacial score (nSPS) is 22.8. The van der Waals surface area contributed by atoms with E-state index in [1.807, 2.05) is 30.3 Å². The number of alkyl carbamates (subject to hydrolysis) is 1. The Kier molecular flexibility index (Phi) is 5.21. The van der Waals surface area contributed by atoms with Crippen molar-refractivity contribution in [1.82, 2.24) is 10.6 Å². The van der Waals surface area contributed by atoms with Crippen molar-refractivity contribution in [3.8, 4) is 0 Å². The highest BCUT2D eigenvalue weighted by molar-refractivity contribution is 5.67. The zero-order valence-corrected chi connectivity index (χ0v) is 11.4. The lowest BCUT2D eigenvalue weighted by molar-refractivity contribution is 0.135. The summed E-state index contributed by atoms with van der Waals surface area (Å²) in [6.07, 6.45) is 0.840. The van der Waals surface area contributed by atoms with E-state index < -0.39 is 0 Å². The van der Waals surface area contributed by atoms with Gasteiger partial charge in [0.05, 0.1) is 0 Å². The first-order valence-electron chi connectivity index (χ1n) is 6.91. The minimum absolute atomic E-state index is 0.325. The van der Waals surface area contributed by atoms with Gasteiger partial charge in [-0.05, 0) is 36.9 Å². The molecule has 1 heterocycles. The van der Waals surface area contributed by atoms with E-state index in [0.717, 1.165) is 18.7 Å². The van der Waals surface area contributed by atoms with E-state index in [-0.39, 0.29) is 6.09 Å². The fourth-order valence-electron chi connectivity index (χ4n) is 2.32. The standard InChI is InChI=1S/C15H22N2O2/c1-12-7-8-16-9-14(12)10-17-15(18)19-11-13-5-3-2-4-6-13/h2-6,12,14,16H,7-11H2,1H3,(H,17,18). The number of nitrogens with one attached hydrogen (secondary N) is 2. The summed E-state index contributed by atoms with van der Waals surface area (Å²) in [6, 6.07) is 9.71. The molecule has 2 unspecified atom stereocenters. The van der Waals surface area contributed by atoms with Crippen LogP contribution in [-0.4, -0.2) is 25.7 Å². The van der Waals surface area contributed by atoms with Crippen LogP contribution in [0.3, 0.4) is 0 Å². The van der Waals surface area contributed by atoms with Gasteiger partial charge in [-0.2, -0.15) is 0 Å². The van der Waals surface area contributed by atoms with Gasteiger partial charge in [-0.3, -0.25) is 0 Å². The Hall–Kier alpha value is -1.55. The van der Waals surface area contributed by atoms with Crippen LogP contribution in [0.1, 0.15) is 18.9 Å². The molecule has 1 aliphatic heterocycles. The zero-order valence-electron chi connectivity index (χ0n) is 11.4. The predicted octanol–water partition coefficient (Wildman–Crippen LogP) is 2.16. The Balaban J connectivity index is 1.67. The van der Waals surface area contributed by atoms with Gasteiger partial charge in [0, 0.05) is 6.54 Å². The third-order valence-corrected chi connectivity index (χ3v) is 3.71. The molecule has 19 heavy (non-hydrogen) atoms. The average Bonchev–Trinajstić information content (AvgIpc) is 2.45. The topological polar surface area (TPSA) is 50.4 Å². The van der Waals surface area contributed by atoms with Crippen LogP contribution in [0.2, 0.25) is 0 Å². The monoisotopic (exact) mass is 262 g/mol. The van der Waals surface area contributed by atoms with Crippen molar-refractivity contribution in [2.45, 2.75) is 20.0 Å². The fourth-order valence-corrected chi connectivity index (χ4v) is 2.32. The first kappa shape index (κ1) is 13.9. The molecule has 0 bridgehead atoms. The number of piperidine rings is 1. The van der Waals surface area contributed by atoms with E-state index in [1.54, 1.807) is 0 Å². The molecular formula is C15H22N2O2. The van der Waals surface area contributed by atoms with Gasteiger partial charge in [-0.15, -0.1) is 0 Å². The minimum atomic E-state index is -0.332. The second-order valence-electron chi connectivity index (χ2n) is 5.17. The second kappa shape index (κ2) is 7.14. The molecule has 2 atom stereocenters. The van der Waals surface area contributed by atoms with Crippen molar-refractivity contribution in [1.29, 1.82) is 0 Å². The lowest BCUT2D eigenvalue weighted by Gasteiger charge is -2.29. The van der Waals surface area contributed by atoms with Crippen LogP contribution in [0.25, 0.3) is 0 Å². The molecule has 2 N–H and O–H groups in total. The SMILES string of the molecule is CC1CCNCC1CNC(=O)OCc1ccccc1. The Bertz CT molecular complexity index is 394. The Morgan fingerprint density at radius 3 is 2.95 bits per heavy atom. The van der Waals surface area contributed by atoms with Gasteiger partial charge in [0.2, 0.25) is 0 Å². The van der Waals surface area contributed by atoms with Crippen molar-refractivity contribution in [2.75, 3.05) is 19.6 Å². The quantitative estimate of drug-likeness (QED) is 0.874. The summed E-state index contributed by atoms with van der Waals surface area (Å²) in [5.41, 5.74) is 1.00. The summed E-state index contributed by atoms with van der Waals surface area (Å²) in [7, 11) is 0. The third-order valence-electron chi connectivity index (χ3n) is 3.71. The van der Waals surface area contributed by atoms with E-state index in [2.05, 4.69) is 17.6 Å². The number of hydrogen-bond acceptors (Lipinski definition) is 3. The molecule has 4 nitrogen and oxygen atoms in total. The third kappa shape index (κ3) is 4.56. The highest BCUT2D eigenvalue weighted by atomic mass is 16.5. The summed E-state index contributed by atoms with van der Waals surface area (Å²) < 4.78 is 5.18. The summed E-state index contributed by atoms with van der Waals surface area (Å²) in [5, 5.41) is 6.21. The predicted molar refractivity (Wildman–Crippen MR) is 74.8 cm³/mol. The van der Waals surface area contributed by atoms with Crippen LogP contribution in [-0.2, 0) is 11.3 Å². The molecule has 1 fully saturated rings. The van der Waals surface area contributed by atoms with E-state index in [1.165, 1.54) is 6.42 Å². The van der Waals surface area contributed by atoms with E-state index in [4.69, 9.17) is 4.74 Å². The minimum Gasteiger partial charge on any atom is -0.445 e. The molecule has 0 aliphatic carbocycles. The molecule has 2 rings (SSSR count). The van der Waals surface area contributed by atoms with Crippen LogP contribution in [0.15, 0.2) is 30.3 Å². The first-order valence-corrected chi connectivity index (χ1v) is 6.91. The summed E-state index contributed by atoms with van der Waals surface area (Å²) in [4.78, 5) is 11.6. The molecule has 1 aromatic rings. The maximum atomic E-state index is 11.6. The van der Waals surface area contributed by atoms with Gasteiger partial charge in [-0.25, -0.2) is 4.79 Å². The fraction of sp³-hybridized carbons (Fsp3) is 0.533. The van der Waals surface area contributed by atoms with Gasteiger partial charge in [0.25, 0.3) is 0 Å². The first-order chi connectivity index (χ1) is 9.25. The lowest BCUT2D eigenvalue weighted by atomic mass is 9.88. The maximum absolute atomic E-state index is 11.6. The van der Waals surface area contributed by atoms with Crippen LogP contribution in [0, 0.1) is 11.8 Å². The highest BCUT2D eigenvalue weighted by Crippen LogP contribution is 2.17. The van der Waals surface area contributed by atoms with Gasteiger partial charge >= 0.3 is 6.09 Å². The molecule has 1 amide bonds. The van der Waals surface area contributed by atoms with Gasteiger partial charge in [0.1, 0.15) is 6.61 Å². The summed E-state index contributed by atoms with van der Waals surface area (Å²) in [5.74, 6) is 1.15. The molecule has 0 aromatic heterocycles. The van der Waals surface area contributed by atoms with Gasteiger partial charge < -0.3 is 15.4 Å². The molecule has 1 aliphatic rings. The Labute approximate surface area is 114 Å². The lowest BCUT2D eigenvalue weighted by Crippen LogP contribution is -2.42. The maximum Gasteiger partial charge on any atom is 0.407 e. The zero-order chi connectivity index (χ0) is 13.5. The number of benzene rings is 1. The number of amides is 1. The van der Waals surface area contributed by atoms with Crippen LogP contribution < -0.4 is 10.6 Å². The number of hydrogen-bond donors (Lipinski definition) is 2. The van der Waals surface area contributed by atoms with Crippen molar-refractivity contribution < 1.29 is 9.53 Å². The van der Waals surface area contributed by atoms with Crippen molar-refractivity contribution in [3.63, 3.8) is 0 Å². The Morgan fingerprint density at radius 2 is 2.21 bits per heavy atom. The van der Waals surface area contributed by atoms with E-state index in [9.17, 15) is 4.79 Å². The molecule has 1 aromatic carbocycles. The van der Waals surface area contributed by atoms with Gasteiger partial charge in [0.15, 0.2) is 0 Å². The number of ether oxygens (including phenoxy) is 1. The molecule has 0 spiro atoms. The van der Waals surface area contributed by atoms with Crippen molar-refractivity contribution in [2.24, 2.45) is 11.8 Å². The smallest absolute Gasteiger partial charge is 0.407 e. The largest absolute Gasteiger partial charge is 0.445 e. The Morgan fingerprint density at radius 1 is 1.42 bits per heavy atom. The molecule has 0 saturated carbocycles. The molecule has 0 radical (unpaired) electrons. The second-order valence-corrected chi connectivity index (χ2v) is 5.17. The number of carbonyl (C=O) groups excluding carboxylic acids is 1. The summed E-state index contributed by atoms with van der Waals surface area (Å²) >= 11 is 0. The molecule has 1 saturated heterocycles. The molecule has 104 valence electrons.